The number of fused-ring (bicyclic) bond motifs is 1. The summed E-state index contributed by atoms with van der Waals surface area (Å²) in [5.74, 6) is 0.0910. The van der Waals surface area contributed by atoms with E-state index in [1.807, 2.05) is 0 Å². The average molecular weight is 324 g/mol. The maximum absolute atomic E-state index is 12.4. The number of rotatable bonds is 3. The molecule has 4 N–H and O–H groups in total. The van der Waals surface area contributed by atoms with Crippen molar-refractivity contribution >= 4 is 44.0 Å². The van der Waals surface area contributed by atoms with Crippen LogP contribution < -0.4 is 10.5 Å². The second-order valence-electron chi connectivity index (χ2n) is 4.29. The quantitative estimate of drug-likeness (QED) is 0.504. The van der Waals surface area contributed by atoms with Gasteiger partial charge in [0.05, 0.1) is 0 Å². The zero-order valence-electron chi connectivity index (χ0n) is 10.5. The maximum Gasteiger partial charge on any atom is 0.265 e. The highest BCUT2D eigenvalue weighted by atomic mass is 35.5. The molecule has 3 aromatic rings. The lowest BCUT2D eigenvalue weighted by molar-refractivity contribution is 0.602. The molecule has 21 heavy (non-hydrogen) atoms. The van der Waals surface area contributed by atoms with Crippen molar-refractivity contribution in [2.24, 2.45) is 0 Å². The molecule has 0 bridgehead atoms. The molecule has 2 aromatic heterocycles. The van der Waals surface area contributed by atoms with E-state index < -0.39 is 10.0 Å². The number of hydrogen-bond donors (Lipinski definition) is 3. The van der Waals surface area contributed by atoms with Crippen LogP contribution in [-0.2, 0) is 10.0 Å². The number of nitrogens with one attached hydrogen (secondary N) is 2. The highest BCUT2D eigenvalue weighted by Gasteiger charge is 2.20. The van der Waals surface area contributed by atoms with Crippen molar-refractivity contribution in [3.63, 3.8) is 0 Å². The maximum atomic E-state index is 12.4. The summed E-state index contributed by atoms with van der Waals surface area (Å²) >= 11 is 5.71. The number of nitrogens with two attached hydrogens (primary N) is 1. The van der Waals surface area contributed by atoms with Crippen molar-refractivity contribution in [3.8, 4) is 0 Å². The van der Waals surface area contributed by atoms with E-state index in [9.17, 15) is 8.42 Å². The Morgan fingerprint density at radius 3 is 2.81 bits per heavy atom. The Labute approximate surface area is 125 Å². The van der Waals surface area contributed by atoms with Crippen LogP contribution in [0.2, 0.25) is 5.15 Å². The van der Waals surface area contributed by atoms with Crippen LogP contribution in [0.1, 0.15) is 0 Å². The topological polar surface area (TPSA) is 114 Å². The number of H-pyrrole nitrogens is 1. The SMILES string of the molecule is Nc1ccc2[nH]cc(S(=O)(=O)Nc3cc(Cl)ncn3)c2c1. The fourth-order valence-electron chi connectivity index (χ4n) is 1.92. The minimum Gasteiger partial charge on any atom is -0.399 e. The standard InChI is InChI=1S/C12H10ClN5O2S/c13-11-4-12(17-6-16-11)18-21(19,20)10-5-15-9-2-1-7(14)3-8(9)10/h1-6,15H,14H2,(H,16,17,18). The van der Waals surface area contributed by atoms with E-state index in [1.54, 1.807) is 18.2 Å². The van der Waals surface area contributed by atoms with Crippen molar-refractivity contribution in [1.29, 1.82) is 0 Å². The van der Waals surface area contributed by atoms with Gasteiger partial charge in [0.25, 0.3) is 10.0 Å². The van der Waals surface area contributed by atoms with Gasteiger partial charge in [-0.1, -0.05) is 11.6 Å². The van der Waals surface area contributed by atoms with Crippen LogP contribution in [0.25, 0.3) is 10.9 Å². The van der Waals surface area contributed by atoms with E-state index in [4.69, 9.17) is 17.3 Å². The van der Waals surface area contributed by atoms with Crippen LogP contribution in [-0.4, -0.2) is 23.4 Å². The van der Waals surface area contributed by atoms with Crippen LogP contribution >= 0.6 is 11.6 Å². The molecule has 1 aromatic carbocycles. The number of sulfonamides is 1. The summed E-state index contributed by atoms with van der Waals surface area (Å²) in [5.41, 5.74) is 6.85. The first kappa shape index (κ1) is 13.7. The predicted molar refractivity (Wildman–Crippen MR) is 80.6 cm³/mol. The molecule has 0 saturated heterocycles. The number of hydrogen-bond acceptors (Lipinski definition) is 5. The van der Waals surface area contributed by atoms with E-state index >= 15 is 0 Å². The largest absolute Gasteiger partial charge is 0.399 e. The van der Waals surface area contributed by atoms with Gasteiger partial charge < -0.3 is 10.7 Å². The Kier molecular flexibility index (Phi) is 3.19. The van der Waals surface area contributed by atoms with Crippen molar-refractivity contribution in [1.82, 2.24) is 15.0 Å². The number of nitrogen functional groups attached to an aromatic ring is 1. The Bertz CT molecular complexity index is 922. The van der Waals surface area contributed by atoms with E-state index in [0.29, 0.717) is 16.6 Å². The van der Waals surface area contributed by atoms with Crippen molar-refractivity contribution in [2.45, 2.75) is 4.90 Å². The number of nitrogens with zero attached hydrogens (tertiary/aromatic N) is 2. The average Bonchev–Trinajstić information content (AvgIpc) is 2.81. The monoisotopic (exact) mass is 323 g/mol. The van der Waals surface area contributed by atoms with Gasteiger partial charge in [0.1, 0.15) is 22.2 Å². The lowest BCUT2D eigenvalue weighted by Gasteiger charge is -2.06. The summed E-state index contributed by atoms with van der Waals surface area (Å²) in [6.45, 7) is 0. The highest BCUT2D eigenvalue weighted by Crippen LogP contribution is 2.26. The molecule has 0 amide bonds. The van der Waals surface area contributed by atoms with Crippen LogP contribution in [0.5, 0.6) is 0 Å². The van der Waals surface area contributed by atoms with Crippen LogP contribution in [0.3, 0.4) is 0 Å². The van der Waals surface area contributed by atoms with Gasteiger partial charge in [0.2, 0.25) is 0 Å². The molecule has 2 heterocycles. The predicted octanol–water partition coefficient (Wildman–Crippen LogP) is 1.99. The molecule has 0 unspecified atom stereocenters. The molecule has 0 radical (unpaired) electrons. The van der Waals surface area contributed by atoms with Gasteiger partial charge in [-0.2, -0.15) is 0 Å². The third-order valence-electron chi connectivity index (χ3n) is 2.83. The van der Waals surface area contributed by atoms with E-state index in [0.717, 1.165) is 0 Å². The van der Waals surface area contributed by atoms with Crippen LogP contribution in [0, 0.1) is 0 Å². The van der Waals surface area contributed by atoms with Gasteiger partial charge in [0.15, 0.2) is 0 Å². The minimum absolute atomic E-state index is 0.0829. The number of halogens is 1. The summed E-state index contributed by atoms with van der Waals surface area (Å²) in [7, 11) is -3.82. The number of benzene rings is 1. The van der Waals surface area contributed by atoms with Crippen LogP contribution in [0.15, 0.2) is 41.7 Å². The third-order valence-corrected chi connectivity index (χ3v) is 4.43. The van der Waals surface area contributed by atoms with E-state index in [-0.39, 0.29) is 15.9 Å². The Morgan fingerprint density at radius 1 is 1.24 bits per heavy atom. The molecule has 0 fully saturated rings. The number of anilines is 2. The Morgan fingerprint density at radius 2 is 2.05 bits per heavy atom. The first-order valence-corrected chi connectivity index (χ1v) is 7.69. The number of aromatic amines is 1. The van der Waals surface area contributed by atoms with Crippen LogP contribution in [0.4, 0.5) is 11.5 Å². The highest BCUT2D eigenvalue weighted by molar-refractivity contribution is 7.93. The normalized spacial score (nSPS) is 11.7. The zero-order chi connectivity index (χ0) is 15.0. The molecule has 9 heteroatoms. The second kappa shape index (κ2) is 4.90. The van der Waals surface area contributed by atoms with Gasteiger partial charge in [-0.3, -0.25) is 4.72 Å². The van der Waals surface area contributed by atoms with E-state index in [2.05, 4.69) is 19.7 Å². The third kappa shape index (κ3) is 2.63. The molecular weight excluding hydrogens is 314 g/mol. The first-order valence-electron chi connectivity index (χ1n) is 5.83. The molecule has 0 aliphatic carbocycles. The molecule has 108 valence electrons. The summed E-state index contributed by atoms with van der Waals surface area (Å²) in [5, 5.41) is 0.647. The Hall–Kier alpha value is -2.32. The van der Waals surface area contributed by atoms with Gasteiger partial charge >= 0.3 is 0 Å². The molecule has 3 rings (SSSR count). The summed E-state index contributed by atoms with van der Waals surface area (Å²) in [4.78, 5) is 10.5. The minimum atomic E-state index is -3.82. The van der Waals surface area contributed by atoms with Gasteiger partial charge in [-0.05, 0) is 18.2 Å². The zero-order valence-corrected chi connectivity index (χ0v) is 12.1. The van der Waals surface area contributed by atoms with E-state index in [1.165, 1.54) is 18.6 Å². The molecule has 0 saturated carbocycles. The first-order chi connectivity index (χ1) is 9.95. The van der Waals surface area contributed by atoms with Gasteiger partial charge in [-0.25, -0.2) is 18.4 Å². The Balaban J connectivity index is 2.06. The number of aromatic nitrogens is 3. The second-order valence-corrected chi connectivity index (χ2v) is 6.33. The smallest absolute Gasteiger partial charge is 0.265 e. The molecular formula is C12H10ClN5O2S. The molecule has 7 nitrogen and oxygen atoms in total. The molecule has 0 aliphatic heterocycles. The van der Waals surface area contributed by atoms with Crippen molar-refractivity contribution in [3.05, 3.63) is 41.9 Å². The molecule has 0 aliphatic rings. The van der Waals surface area contributed by atoms with Gasteiger partial charge in [0, 0.05) is 28.9 Å². The molecule has 0 atom stereocenters. The lowest BCUT2D eigenvalue weighted by Crippen LogP contribution is -2.13. The lowest BCUT2D eigenvalue weighted by atomic mass is 10.2. The fraction of sp³-hybridized carbons (Fsp3) is 0. The summed E-state index contributed by atoms with van der Waals surface area (Å²) in [6, 6.07) is 6.31. The summed E-state index contributed by atoms with van der Waals surface area (Å²) < 4.78 is 27.2. The van der Waals surface area contributed by atoms with Gasteiger partial charge in [-0.15, -0.1) is 0 Å². The van der Waals surface area contributed by atoms with Crippen molar-refractivity contribution < 1.29 is 8.42 Å². The summed E-state index contributed by atoms with van der Waals surface area (Å²) in [6.07, 6.45) is 2.57. The fourth-order valence-corrected chi connectivity index (χ4v) is 3.23. The van der Waals surface area contributed by atoms with Crippen molar-refractivity contribution in [2.75, 3.05) is 10.5 Å². The molecule has 0 spiro atoms.